The minimum absolute atomic E-state index is 0.265. The Kier molecular flexibility index (Phi) is 3.44. The molecule has 3 rings (SSSR count). The van der Waals surface area contributed by atoms with Crippen LogP contribution in [0.25, 0.3) is 0 Å². The molecule has 0 bridgehead atoms. The second-order valence-corrected chi connectivity index (χ2v) is 5.13. The molecule has 0 aromatic heterocycles. The summed E-state index contributed by atoms with van der Waals surface area (Å²) in [5.74, 6) is -0.985. The lowest BCUT2D eigenvalue weighted by Crippen LogP contribution is -2.41. The van der Waals surface area contributed by atoms with Crippen LogP contribution < -0.4 is 0 Å². The van der Waals surface area contributed by atoms with E-state index in [0.29, 0.717) is 12.1 Å². The zero-order valence-corrected chi connectivity index (χ0v) is 11.4. The zero-order valence-electron chi connectivity index (χ0n) is 11.4. The van der Waals surface area contributed by atoms with Crippen LogP contribution in [0.2, 0.25) is 0 Å². The molecule has 1 aliphatic rings. The Morgan fingerprint density at radius 3 is 2.33 bits per heavy atom. The maximum Gasteiger partial charge on any atom is 0.351 e. The molecule has 0 saturated heterocycles. The van der Waals surface area contributed by atoms with Gasteiger partial charge in [-0.05, 0) is 11.1 Å². The number of hydrogen-bond acceptors (Lipinski definition) is 3. The maximum absolute atomic E-state index is 11.7. The van der Waals surface area contributed by atoms with Gasteiger partial charge in [-0.3, -0.25) is 0 Å². The summed E-state index contributed by atoms with van der Waals surface area (Å²) in [6.45, 7) is 0. The van der Waals surface area contributed by atoms with Gasteiger partial charge in [0.2, 0.25) is 5.60 Å². The fourth-order valence-corrected chi connectivity index (χ4v) is 2.47. The van der Waals surface area contributed by atoms with E-state index in [2.05, 4.69) is 5.16 Å². The van der Waals surface area contributed by atoms with Crippen molar-refractivity contribution in [2.45, 2.75) is 18.4 Å². The molecule has 0 saturated carbocycles. The first kappa shape index (κ1) is 13.4. The van der Waals surface area contributed by atoms with Gasteiger partial charge in [0.05, 0.1) is 5.71 Å². The summed E-state index contributed by atoms with van der Waals surface area (Å²) in [6.07, 6.45) is 0.560. The van der Waals surface area contributed by atoms with Crippen LogP contribution in [0.3, 0.4) is 0 Å². The third kappa shape index (κ3) is 2.65. The average molecular weight is 281 g/mol. The molecule has 1 heterocycles. The number of rotatable bonds is 4. The molecule has 1 atom stereocenters. The van der Waals surface area contributed by atoms with Crippen LogP contribution in [-0.2, 0) is 16.1 Å². The summed E-state index contributed by atoms with van der Waals surface area (Å²) in [5.41, 5.74) is 1.18. The molecule has 2 aromatic rings. The number of oxime groups is 1. The van der Waals surface area contributed by atoms with Crippen molar-refractivity contribution in [1.82, 2.24) is 0 Å². The number of carboxylic acids is 1. The van der Waals surface area contributed by atoms with Crippen molar-refractivity contribution in [3.05, 3.63) is 71.8 Å². The smallest absolute Gasteiger partial charge is 0.351 e. The standard InChI is InChI=1S/C17H15NO3/c19-16(20)17(11-13-7-3-1-4-8-13)12-15(18-21-17)14-9-5-2-6-10-14/h1-10H,11-12H2,(H,19,20). The first-order valence-corrected chi connectivity index (χ1v) is 6.77. The molecule has 1 unspecified atom stereocenters. The molecule has 2 aromatic carbocycles. The minimum Gasteiger partial charge on any atom is -0.478 e. The van der Waals surface area contributed by atoms with Gasteiger partial charge in [0.15, 0.2) is 0 Å². The van der Waals surface area contributed by atoms with Gasteiger partial charge in [0.25, 0.3) is 0 Å². The molecule has 0 aliphatic carbocycles. The summed E-state index contributed by atoms with van der Waals surface area (Å²) >= 11 is 0. The number of carboxylic acid groups (broad SMARTS) is 1. The molecule has 1 aliphatic heterocycles. The Hall–Kier alpha value is -2.62. The summed E-state index contributed by atoms with van der Waals surface area (Å²) in [5, 5.41) is 13.6. The quantitative estimate of drug-likeness (QED) is 0.937. The second-order valence-electron chi connectivity index (χ2n) is 5.13. The number of hydrogen-bond donors (Lipinski definition) is 1. The molecule has 0 spiro atoms. The zero-order chi connectivity index (χ0) is 14.7. The highest BCUT2D eigenvalue weighted by Gasteiger charge is 2.47. The van der Waals surface area contributed by atoms with Crippen molar-refractivity contribution >= 4 is 11.7 Å². The van der Waals surface area contributed by atoms with Gasteiger partial charge in [-0.1, -0.05) is 65.8 Å². The normalized spacial score (nSPS) is 20.7. The van der Waals surface area contributed by atoms with E-state index in [1.54, 1.807) is 0 Å². The predicted octanol–water partition coefficient (Wildman–Crippen LogP) is 2.88. The molecule has 0 radical (unpaired) electrons. The lowest BCUT2D eigenvalue weighted by atomic mass is 9.88. The fourth-order valence-electron chi connectivity index (χ4n) is 2.47. The van der Waals surface area contributed by atoms with Crippen molar-refractivity contribution in [3.63, 3.8) is 0 Å². The Morgan fingerprint density at radius 1 is 1.10 bits per heavy atom. The first-order valence-electron chi connectivity index (χ1n) is 6.77. The van der Waals surface area contributed by atoms with E-state index in [9.17, 15) is 9.90 Å². The maximum atomic E-state index is 11.7. The highest BCUT2D eigenvalue weighted by atomic mass is 16.7. The molecule has 1 N–H and O–H groups in total. The Labute approximate surface area is 122 Å². The number of carbonyl (C=O) groups is 1. The summed E-state index contributed by atoms with van der Waals surface area (Å²) in [7, 11) is 0. The third-order valence-electron chi connectivity index (χ3n) is 3.61. The Bertz CT molecular complexity index is 667. The van der Waals surface area contributed by atoms with Crippen molar-refractivity contribution in [3.8, 4) is 0 Å². The first-order chi connectivity index (χ1) is 10.2. The van der Waals surface area contributed by atoms with E-state index in [4.69, 9.17) is 4.84 Å². The molecule has 21 heavy (non-hydrogen) atoms. The van der Waals surface area contributed by atoms with Gasteiger partial charge >= 0.3 is 5.97 Å². The van der Waals surface area contributed by atoms with Gasteiger partial charge in [0.1, 0.15) is 0 Å². The van der Waals surface area contributed by atoms with Crippen LogP contribution in [0.4, 0.5) is 0 Å². The molecule has 0 fully saturated rings. The van der Waals surface area contributed by atoms with E-state index in [1.807, 2.05) is 60.7 Å². The Balaban J connectivity index is 1.84. The highest BCUT2D eigenvalue weighted by Crippen LogP contribution is 2.30. The largest absolute Gasteiger partial charge is 0.478 e. The van der Waals surface area contributed by atoms with E-state index in [0.717, 1.165) is 11.1 Å². The molecule has 4 heteroatoms. The Morgan fingerprint density at radius 2 is 1.71 bits per heavy atom. The van der Waals surface area contributed by atoms with Crippen LogP contribution in [0, 0.1) is 0 Å². The molecule has 106 valence electrons. The molecular formula is C17H15NO3. The van der Waals surface area contributed by atoms with Gasteiger partial charge in [-0.25, -0.2) is 4.79 Å². The number of aliphatic carboxylic acids is 1. The van der Waals surface area contributed by atoms with Gasteiger partial charge in [0, 0.05) is 12.8 Å². The number of benzene rings is 2. The lowest BCUT2D eigenvalue weighted by molar-refractivity contribution is -0.162. The summed E-state index contributed by atoms with van der Waals surface area (Å²) < 4.78 is 0. The molecule has 0 amide bonds. The predicted molar refractivity (Wildman–Crippen MR) is 79.2 cm³/mol. The second kappa shape index (κ2) is 5.40. The number of nitrogens with zero attached hydrogens (tertiary/aromatic N) is 1. The van der Waals surface area contributed by atoms with Crippen molar-refractivity contribution in [2.75, 3.05) is 0 Å². The monoisotopic (exact) mass is 281 g/mol. The van der Waals surface area contributed by atoms with Gasteiger partial charge in [-0.2, -0.15) is 0 Å². The summed E-state index contributed by atoms with van der Waals surface area (Å²) in [6, 6.07) is 19.0. The topological polar surface area (TPSA) is 58.9 Å². The van der Waals surface area contributed by atoms with Crippen LogP contribution in [0.5, 0.6) is 0 Å². The van der Waals surface area contributed by atoms with Crippen LogP contribution in [0.15, 0.2) is 65.8 Å². The fraction of sp³-hybridized carbons (Fsp3) is 0.176. The molecule has 4 nitrogen and oxygen atoms in total. The van der Waals surface area contributed by atoms with Crippen molar-refractivity contribution in [1.29, 1.82) is 0 Å². The van der Waals surface area contributed by atoms with Crippen molar-refractivity contribution in [2.24, 2.45) is 5.16 Å². The van der Waals surface area contributed by atoms with Crippen molar-refractivity contribution < 1.29 is 14.7 Å². The third-order valence-corrected chi connectivity index (χ3v) is 3.61. The van der Waals surface area contributed by atoms with Crippen LogP contribution in [0.1, 0.15) is 17.5 Å². The minimum atomic E-state index is -1.31. The highest BCUT2D eigenvalue weighted by molar-refractivity contribution is 6.04. The van der Waals surface area contributed by atoms with Gasteiger partial charge in [-0.15, -0.1) is 0 Å². The molecular weight excluding hydrogens is 266 g/mol. The van der Waals surface area contributed by atoms with E-state index in [1.165, 1.54) is 0 Å². The van der Waals surface area contributed by atoms with E-state index < -0.39 is 11.6 Å². The lowest BCUT2D eigenvalue weighted by Gasteiger charge is -2.21. The van der Waals surface area contributed by atoms with Crippen LogP contribution in [-0.4, -0.2) is 22.4 Å². The SMILES string of the molecule is O=C(O)C1(Cc2ccccc2)CC(c2ccccc2)=NO1. The summed E-state index contributed by atoms with van der Waals surface area (Å²) in [4.78, 5) is 17.1. The van der Waals surface area contributed by atoms with Gasteiger partial charge < -0.3 is 9.94 Å². The van der Waals surface area contributed by atoms with E-state index >= 15 is 0 Å². The van der Waals surface area contributed by atoms with E-state index in [-0.39, 0.29) is 6.42 Å². The van der Waals surface area contributed by atoms with Crippen LogP contribution >= 0.6 is 0 Å². The average Bonchev–Trinajstić information content (AvgIpc) is 2.95.